The van der Waals surface area contributed by atoms with Gasteiger partial charge in [-0.1, -0.05) is 66.7 Å². The molecule has 0 saturated carbocycles. The van der Waals surface area contributed by atoms with Crippen LogP contribution in [0.15, 0.2) is 89.7 Å². The monoisotopic (exact) mass is 427 g/mol. The van der Waals surface area contributed by atoms with Crippen molar-refractivity contribution >= 4 is 22.6 Å². The van der Waals surface area contributed by atoms with E-state index in [-0.39, 0.29) is 17.7 Å². The Morgan fingerprint density at radius 3 is 2.09 bits per heavy atom. The molecule has 0 bridgehead atoms. The lowest BCUT2D eigenvalue weighted by Crippen LogP contribution is -2.54. The van der Waals surface area contributed by atoms with Crippen molar-refractivity contribution in [3.8, 4) is 5.69 Å². The van der Waals surface area contributed by atoms with Crippen molar-refractivity contribution in [3.63, 3.8) is 0 Å². The van der Waals surface area contributed by atoms with Gasteiger partial charge in [-0.05, 0) is 30.7 Å². The van der Waals surface area contributed by atoms with Gasteiger partial charge in [0.1, 0.15) is 5.54 Å². The molecule has 2 N–H and O–H groups in total. The molecule has 1 aromatic heterocycles. The van der Waals surface area contributed by atoms with Crippen LogP contribution in [0.25, 0.3) is 16.5 Å². The number of carboxylic acid groups (broad SMARTS) is 1. The molecule has 4 aromatic rings. The fourth-order valence-electron chi connectivity index (χ4n) is 3.59. The maximum Gasteiger partial charge on any atom is 0.329 e. The third-order valence-corrected chi connectivity index (χ3v) is 5.28. The van der Waals surface area contributed by atoms with E-state index in [2.05, 4.69) is 10.4 Å². The highest BCUT2D eigenvalue weighted by Gasteiger charge is 2.36. The second kappa shape index (κ2) is 8.47. The van der Waals surface area contributed by atoms with Gasteiger partial charge in [0.15, 0.2) is 5.69 Å². The molecular formula is C25H21N3O4. The number of carboxylic acids is 1. The molecule has 1 unspecified atom stereocenters. The van der Waals surface area contributed by atoms with Crippen LogP contribution in [0.5, 0.6) is 0 Å². The third kappa shape index (κ3) is 4.00. The number of nitrogens with zero attached hydrogens (tertiary/aromatic N) is 2. The molecule has 7 nitrogen and oxygen atoms in total. The number of rotatable bonds is 6. The number of benzene rings is 3. The van der Waals surface area contributed by atoms with Crippen LogP contribution in [0.2, 0.25) is 0 Å². The summed E-state index contributed by atoms with van der Waals surface area (Å²) < 4.78 is 1.16. The molecule has 0 aliphatic rings. The number of hydrogen-bond acceptors (Lipinski definition) is 4. The number of amides is 1. The Morgan fingerprint density at radius 2 is 1.47 bits per heavy atom. The molecule has 0 saturated heterocycles. The summed E-state index contributed by atoms with van der Waals surface area (Å²) in [5, 5.41) is 17.5. The van der Waals surface area contributed by atoms with Crippen molar-refractivity contribution in [1.82, 2.24) is 15.1 Å². The van der Waals surface area contributed by atoms with Gasteiger partial charge in [-0.15, -0.1) is 0 Å². The minimum Gasteiger partial charge on any atom is -0.480 e. The Bertz CT molecular complexity index is 1350. The van der Waals surface area contributed by atoms with Gasteiger partial charge in [-0.25, -0.2) is 4.79 Å². The van der Waals surface area contributed by atoms with E-state index in [1.807, 2.05) is 24.3 Å². The molecule has 4 rings (SSSR count). The second-order valence-corrected chi connectivity index (χ2v) is 7.70. The summed E-state index contributed by atoms with van der Waals surface area (Å²) in [5.41, 5.74) is -0.694. The average molecular weight is 427 g/mol. The van der Waals surface area contributed by atoms with Gasteiger partial charge in [0.25, 0.3) is 11.5 Å². The number of nitrogens with one attached hydrogen (secondary N) is 1. The van der Waals surface area contributed by atoms with Crippen LogP contribution in [0.4, 0.5) is 0 Å². The third-order valence-electron chi connectivity index (χ3n) is 5.28. The molecule has 160 valence electrons. The summed E-state index contributed by atoms with van der Waals surface area (Å²) in [6.45, 7) is 1.45. The van der Waals surface area contributed by atoms with Crippen LogP contribution in [-0.2, 0) is 11.2 Å². The van der Waals surface area contributed by atoms with Crippen molar-refractivity contribution in [2.75, 3.05) is 0 Å². The first-order valence-electron chi connectivity index (χ1n) is 10.1. The number of aromatic nitrogens is 2. The molecule has 7 heteroatoms. The largest absolute Gasteiger partial charge is 0.480 e. The molecular weight excluding hydrogens is 406 g/mol. The standard InChI is InChI=1S/C25H21N3O4/c1-25(24(31)32,16-17-10-4-2-5-11-17)26-22(29)21-19-14-8-9-15-20(19)23(30)28(27-21)18-12-6-3-7-13-18/h2-15H,16H2,1H3,(H,26,29)(H,31,32). The molecule has 0 radical (unpaired) electrons. The highest BCUT2D eigenvalue weighted by molar-refractivity contribution is 6.06. The van der Waals surface area contributed by atoms with Gasteiger partial charge < -0.3 is 10.4 Å². The van der Waals surface area contributed by atoms with Crippen LogP contribution in [0.3, 0.4) is 0 Å². The van der Waals surface area contributed by atoms with Crippen LogP contribution in [-0.4, -0.2) is 32.3 Å². The number of aliphatic carboxylic acids is 1. The molecule has 0 aliphatic carbocycles. The summed E-state index contributed by atoms with van der Waals surface area (Å²) in [6.07, 6.45) is 0.0885. The zero-order valence-corrected chi connectivity index (χ0v) is 17.4. The van der Waals surface area contributed by atoms with E-state index in [0.29, 0.717) is 16.5 Å². The lowest BCUT2D eigenvalue weighted by Gasteiger charge is -2.26. The predicted octanol–water partition coefficient (Wildman–Crippen LogP) is 3.20. The molecule has 3 aromatic carbocycles. The number of carbonyl (C=O) groups is 2. The minimum absolute atomic E-state index is 0.0235. The van der Waals surface area contributed by atoms with Gasteiger partial charge in [-0.2, -0.15) is 9.78 Å². The summed E-state index contributed by atoms with van der Waals surface area (Å²) >= 11 is 0. The van der Waals surface area contributed by atoms with Gasteiger partial charge in [0, 0.05) is 11.8 Å². The Kier molecular flexibility index (Phi) is 5.55. The summed E-state index contributed by atoms with van der Waals surface area (Å²) in [6, 6.07) is 24.5. The van der Waals surface area contributed by atoms with Crippen LogP contribution < -0.4 is 10.9 Å². The topological polar surface area (TPSA) is 101 Å². The number of para-hydroxylation sites is 1. The zero-order valence-electron chi connectivity index (χ0n) is 17.4. The SMILES string of the molecule is CC(Cc1ccccc1)(NC(=O)c1nn(-c2ccccc2)c(=O)c2ccccc12)C(=O)O. The first-order chi connectivity index (χ1) is 15.4. The van der Waals surface area contributed by atoms with Gasteiger partial charge >= 0.3 is 5.97 Å². The number of hydrogen-bond donors (Lipinski definition) is 2. The van der Waals surface area contributed by atoms with E-state index < -0.39 is 17.4 Å². The predicted molar refractivity (Wildman–Crippen MR) is 121 cm³/mol. The van der Waals surface area contributed by atoms with E-state index in [1.54, 1.807) is 60.7 Å². The van der Waals surface area contributed by atoms with E-state index in [1.165, 1.54) is 6.92 Å². The average Bonchev–Trinajstić information content (AvgIpc) is 2.80. The molecule has 0 spiro atoms. The van der Waals surface area contributed by atoms with Gasteiger partial charge in [-0.3, -0.25) is 9.59 Å². The Hall–Kier alpha value is -4.26. The first-order valence-corrected chi connectivity index (χ1v) is 10.1. The van der Waals surface area contributed by atoms with Crippen LogP contribution in [0, 0.1) is 0 Å². The summed E-state index contributed by atoms with van der Waals surface area (Å²) in [4.78, 5) is 38.4. The van der Waals surface area contributed by atoms with Crippen LogP contribution >= 0.6 is 0 Å². The Morgan fingerprint density at radius 1 is 0.906 bits per heavy atom. The van der Waals surface area contributed by atoms with Crippen molar-refractivity contribution in [1.29, 1.82) is 0 Å². The highest BCUT2D eigenvalue weighted by Crippen LogP contribution is 2.19. The number of carbonyl (C=O) groups excluding carboxylic acids is 1. The molecule has 0 aliphatic heterocycles. The van der Waals surface area contributed by atoms with E-state index in [0.717, 1.165) is 10.2 Å². The fraction of sp³-hybridized carbons (Fsp3) is 0.120. The quantitative estimate of drug-likeness (QED) is 0.492. The molecule has 1 amide bonds. The highest BCUT2D eigenvalue weighted by atomic mass is 16.4. The summed E-state index contributed by atoms with van der Waals surface area (Å²) in [7, 11) is 0. The van der Waals surface area contributed by atoms with Crippen molar-refractivity contribution < 1.29 is 14.7 Å². The molecule has 1 heterocycles. The first kappa shape index (κ1) is 21.0. The molecule has 0 fully saturated rings. The zero-order chi connectivity index (χ0) is 22.7. The molecule has 32 heavy (non-hydrogen) atoms. The van der Waals surface area contributed by atoms with Gasteiger partial charge in [0.2, 0.25) is 0 Å². The van der Waals surface area contributed by atoms with Gasteiger partial charge in [0.05, 0.1) is 11.1 Å². The minimum atomic E-state index is -1.57. The fourth-order valence-corrected chi connectivity index (χ4v) is 3.59. The second-order valence-electron chi connectivity index (χ2n) is 7.70. The van der Waals surface area contributed by atoms with Crippen molar-refractivity contribution in [3.05, 3.63) is 107 Å². The van der Waals surface area contributed by atoms with E-state index in [4.69, 9.17) is 0 Å². The maximum absolute atomic E-state index is 13.3. The Balaban J connectivity index is 1.80. The normalized spacial score (nSPS) is 12.8. The lowest BCUT2D eigenvalue weighted by molar-refractivity contribution is -0.143. The van der Waals surface area contributed by atoms with Crippen molar-refractivity contribution in [2.24, 2.45) is 0 Å². The van der Waals surface area contributed by atoms with Crippen molar-refractivity contribution in [2.45, 2.75) is 18.9 Å². The maximum atomic E-state index is 13.3. The summed E-state index contributed by atoms with van der Waals surface area (Å²) in [5.74, 6) is -1.85. The lowest BCUT2D eigenvalue weighted by atomic mass is 9.92. The van der Waals surface area contributed by atoms with E-state index >= 15 is 0 Å². The molecule has 1 atom stereocenters. The van der Waals surface area contributed by atoms with E-state index in [9.17, 15) is 19.5 Å². The number of fused-ring (bicyclic) bond motifs is 1. The Labute approximate surface area is 183 Å². The van der Waals surface area contributed by atoms with Crippen LogP contribution in [0.1, 0.15) is 23.0 Å². The smallest absolute Gasteiger partial charge is 0.329 e.